The predicted octanol–water partition coefficient (Wildman–Crippen LogP) is 1.91. The summed E-state index contributed by atoms with van der Waals surface area (Å²) < 4.78 is 0. The average Bonchev–Trinajstić information content (AvgIpc) is 2.57. The molecular formula is C13H19NO2. The number of phenolic OH excluding ortho intramolecular Hbond substituents is 1. The summed E-state index contributed by atoms with van der Waals surface area (Å²) in [5.74, 6) is 0.336. The van der Waals surface area contributed by atoms with E-state index in [0.717, 1.165) is 17.8 Å². The fraction of sp³-hybridized carbons (Fsp3) is 0.538. The van der Waals surface area contributed by atoms with Gasteiger partial charge in [-0.2, -0.15) is 0 Å². The molecule has 0 bridgehead atoms. The van der Waals surface area contributed by atoms with E-state index < -0.39 is 5.60 Å². The van der Waals surface area contributed by atoms with Crippen LogP contribution in [0.5, 0.6) is 5.75 Å². The quantitative estimate of drug-likeness (QED) is 0.801. The molecule has 0 amide bonds. The lowest BCUT2D eigenvalue weighted by Crippen LogP contribution is -2.47. The average molecular weight is 221 g/mol. The van der Waals surface area contributed by atoms with E-state index in [9.17, 15) is 10.2 Å². The summed E-state index contributed by atoms with van der Waals surface area (Å²) in [4.78, 5) is 2.16. The van der Waals surface area contributed by atoms with Crippen LogP contribution in [0, 0.1) is 0 Å². The highest BCUT2D eigenvalue weighted by Crippen LogP contribution is 2.40. The molecule has 0 radical (unpaired) electrons. The molecule has 0 saturated heterocycles. The van der Waals surface area contributed by atoms with Crippen LogP contribution < -0.4 is 4.90 Å². The van der Waals surface area contributed by atoms with E-state index in [-0.39, 0.29) is 6.04 Å². The van der Waals surface area contributed by atoms with Crippen molar-refractivity contribution in [3.8, 4) is 5.75 Å². The molecule has 0 spiro atoms. The summed E-state index contributed by atoms with van der Waals surface area (Å²) in [5.41, 5.74) is 1.24. The van der Waals surface area contributed by atoms with Crippen molar-refractivity contribution in [3.05, 3.63) is 23.8 Å². The van der Waals surface area contributed by atoms with Crippen molar-refractivity contribution >= 4 is 5.69 Å². The van der Waals surface area contributed by atoms with Gasteiger partial charge in [0.2, 0.25) is 0 Å². The topological polar surface area (TPSA) is 43.7 Å². The Morgan fingerprint density at radius 1 is 1.44 bits per heavy atom. The van der Waals surface area contributed by atoms with Crippen LogP contribution in [0.4, 0.5) is 5.69 Å². The van der Waals surface area contributed by atoms with E-state index in [1.165, 1.54) is 0 Å². The molecule has 0 aliphatic carbocycles. The fourth-order valence-electron chi connectivity index (χ4n) is 2.53. The van der Waals surface area contributed by atoms with Gasteiger partial charge in [0.1, 0.15) is 5.75 Å². The Bertz CT molecular complexity index is 395. The molecule has 1 heterocycles. The minimum atomic E-state index is -0.762. The van der Waals surface area contributed by atoms with Crippen LogP contribution in [0.3, 0.4) is 0 Å². The molecule has 2 N–H and O–H groups in total. The summed E-state index contributed by atoms with van der Waals surface area (Å²) in [5, 5.41) is 20.0. The first-order valence-electron chi connectivity index (χ1n) is 5.75. The minimum absolute atomic E-state index is 0.0424. The van der Waals surface area contributed by atoms with Gasteiger partial charge in [-0.1, -0.05) is 6.07 Å². The molecule has 1 atom stereocenters. The molecule has 0 fully saturated rings. The highest BCUT2D eigenvalue weighted by Gasteiger charge is 2.38. The zero-order valence-corrected chi connectivity index (χ0v) is 10.1. The van der Waals surface area contributed by atoms with Crippen LogP contribution in [0.15, 0.2) is 18.2 Å². The lowest BCUT2D eigenvalue weighted by molar-refractivity contribution is 0.0519. The van der Waals surface area contributed by atoms with Crippen LogP contribution in [0.1, 0.15) is 26.3 Å². The van der Waals surface area contributed by atoms with Gasteiger partial charge in [0.05, 0.1) is 11.6 Å². The maximum atomic E-state index is 10.2. The van der Waals surface area contributed by atoms with Gasteiger partial charge in [-0.3, -0.25) is 0 Å². The second-order valence-corrected chi connectivity index (χ2v) is 4.93. The Balaban J connectivity index is 2.44. The minimum Gasteiger partial charge on any atom is -0.508 e. The van der Waals surface area contributed by atoms with Crippen molar-refractivity contribution in [2.24, 2.45) is 0 Å². The SMILES string of the molecule is CCN1c2cccc(O)c2CC1C(C)(C)O. The van der Waals surface area contributed by atoms with Crippen molar-refractivity contribution in [2.45, 2.75) is 38.8 Å². The Kier molecular flexibility index (Phi) is 2.58. The first-order chi connectivity index (χ1) is 7.45. The maximum Gasteiger partial charge on any atom is 0.120 e. The van der Waals surface area contributed by atoms with Crippen molar-refractivity contribution in [2.75, 3.05) is 11.4 Å². The zero-order valence-electron chi connectivity index (χ0n) is 10.1. The second-order valence-electron chi connectivity index (χ2n) is 4.93. The summed E-state index contributed by atoms with van der Waals surface area (Å²) in [6.45, 7) is 6.55. The van der Waals surface area contributed by atoms with Gasteiger partial charge in [-0.05, 0) is 32.9 Å². The van der Waals surface area contributed by atoms with Gasteiger partial charge in [0.15, 0.2) is 0 Å². The Hall–Kier alpha value is -1.22. The number of benzene rings is 1. The van der Waals surface area contributed by atoms with Gasteiger partial charge >= 0.3 is 0 Å². The zero-order chi connectivity index (χ0) is 11.9. The number of fused-ring (bicyclic) bond motifs is 1. The molecule has 1 aromatic carbocycles. The molecule has 16 heavy (non-hydrogen) atoms. The number of nitrogens with zero attached hydrogens (tertiary/aromatic N) is 1. The molecular weight excluding hydrogens is 202 g/mol. The van der Waals surface area contributed by atoms with Crippen LogP contribution in [-0.2, 0) is 6.42 Å². The van der Waals surface area contributed by atoms with Gasteiger partial charge in [0.25, 0.3) is 0 Å². The molecule has 1 aliphatic heterocycles. The third-order valence-electron chi connectivity index (χ3n) is 3.37. The summed E-state index contributed by atoms with van der Waals surface area (Å²) >= 11 is 0. The number of likely N-dealkylation sites (N-methyl/N-ethyl adjacent to an activating group) is 1. The van der Waals surface area contributed by atoms with Gasteiger partial charge < -0.3 is 15.1 Å². The van der Waals surface area contributed by atoms with Gasteiger partial charge in [-0.25, -0.2) is 0 Å². The second kappa shape index (κ2) is 3.67. The van der Waals surface area contributed by atoms with Crippen LogP contribution >= 0.6 is 0 Å². The van der Waals surface area contributed by atoms with Crippen molar-refractivity contribution in [1.29, 1.82) is 0 Å². The summed E-state index contributed by atoms with van der Waals surface area (Å²) in [6, 6.07) is 5.61. The molecule has 2 rings (SSSR count). The number of phenols is 1. The van der Waals surface area contributed by atoms with E-state index >= 15 is 0 Å². The normalized spacial score (nSPS) is 20.0. The third kappa shape index (κ3) is 1.65. The monoisotopic (exact) mass is 221 g/mol. The Morgan fingerprint density at radius 2 is 2.12 bits per heavy atom. The van der Waals surface area contributed by atoms with Gasteiger partial charge in [0, 0.05) is 24.2 Å². The van der Waals surface area contributed by atoms with Crippen LogP contribution in [0.25, 0.3) is 0 Å². The molecule has 1 aromatic rings. The highest BCUT2D eigenvalue weighted by molar-refractivity contribution is 5.64. The Morgan fingerprint density at radius 3 is 2.69 bits per heavy atom. The van der Waals surface area contributed by atoms with Crippen LogP contribution in [-0.4, -0.2) is 28.4 Å². The molecule has 3 heteroatoms. The maximum absolute atomic E-state index is 10.2. The predicted molar refractivity (Wildman–Crippen MR) is 64.9 cm³/mol. The number of rotatable bonds is 2. The first kappa shape index (κ1) is 11.3. The smallest absolute Gasteiger partial charge is 0.120 e. The lowest BCUT2D eigenvalue weighted by atomic mass is 9.95. The molecule has 0 saturated carbocycles. The Labute approximate surface area is 96.3 Å². The van der Waals surface area contributed by atoms with Crippen LogP contribution in [0.2, 0.25) is 0 Å². The molecule has 1 unspecified atom stereocenters. The molecule has 1 aliphatic rings. The van der Waals surface area contributed by atoms with E-state index in [4.69, 9.17) is 0 Å². The number of aliphatic hydroxyl groups is 1. The van der Waals surface area contributed by atoms with E-state index in [2.05, 4.69) is 11.8 Å². The first-order valence-corrected chi connectivity index (χ1v) is 5.75. The number of anilines is 1. The number of hydrogen-bond donors (Lipinski definition) is 2. The number of hydrogen-bond acceptors (Lipinski definition) is 3. The largest absolute Gasteiger partial charge is 0.508 e. The van der Waals surface area contributed by atoms with Gasteiger partial charge in [-0.15, -0.1) is 0 Å². The van der Waals surface area contributed by atoms with Crippen molar-refractivity contribution in [1.82, 2.24) is 0 Å². The summed E-state index contributed by atoms with van der Waals surface area (Å²) in [6.07, 6.45) is 0.708. The van der Waals surface area contributed by atoms with E-state index in [1.54, 1.807) is 6.07 Å². The standard InChI is InChI=1S/C13H19NO2/c1-4-14-10-6-5-7-11(15)9(10)8-12(14)13(2,3)16/h5-7,12,15-16H,4,8H2,1-3H3. The number of aromatic hydroxyl groups is 1. The van der Waals surface area contributed by atoms with E-state index in [1.807, 2.05) is 26.0 Å². The molecule has 3 nitrogen and oxygen atoms in total. The van der Waals surface area contributed by atoms with Crippen molar-refractivity contribution < 1.29 is 10.2 Å². The third-order valence-corrected chi connectivity index (χ3v) is 3.37. The van der Waals surface area contributed by atoms with Crippen molar-refractivity contribution in [3.63, 3.8) is 0 Å². The highest BCUT2D eigenvalue weighted by atomic mass is 16.3. The summed E-state index contributed by atoms with van der Waals surface area (Å²) in [7, 11) is 0. The fourth-order valence-corrected chi connectivity index (χ4v) is 2.53. The molecule has 88 valence electrons. The van der Waals surface area contributed by atoms with E-state index in [0.29, 0.717) is 12.2 Å². The molecule has 0 aromatic heterocycles. The lowest BCUT2D eigenvalue weighted by Gasteiger charge is -2.34.